The van der Waals surface area contributed by atoms with Crippen molar-refractivity contribution in [3.8, 4) is 5.75 Å². The number of alkyl halides is 1. The summed E-state index contributed by atoms with van der Waals surface area (Å²) in [6, 6.07) is 5.98. The highest BCUT2D eigenvalue weighted by Crippen LogP contribution is 2.32. The van der Waals surface area contributed by atoms with Crippen LogP contribution >= 0.6 is 11.6 Å². The fourth-order valence-corrected chi connectivity index (χ4v) is 2.58. The number of rotatable bonds is 6. The Balaban J connectivity index is 2.17. The van der Waals surface area contributed by atoms with Gasteiger partial charge in [-0.3, -0.25) is 0 Å². The second kappa shape index (κ2) is 7.50. The van der Waals surface area contributed by atoms with Crippen LogP contribution in [-0.2, 0) is 6.42 Å². The summed E-state index contributed by atoms with van der Waals surface area (Å²) in [5.74, 6) is 1.39. The van der Waals surface area contributed by atoms with Crippen molar-refractivity contribution < 1.29 is 4.74 Å². The maximum Gasteiger partial charge on any atom is 0.144 e. The van der Waals surface area contributed by atoms with Gasteiger partial charge in [0.1, 0.15) is 17.3 Å². The molecule has 0 atom stereocenters. The zero-order chi connectivity index (χ0) is 14.4. The molecule has 0 unspecified atom stereocenters. The van der Waals surface area contributed by atoms with E-state index in [0.29, 0.717) is 5.84 Å². The maximum atomic E-state index is 5.77. The third-order valence-electron chi connectivity index (χ3n) is 3.59. The molecule has 5 heteroatoms. The van der Waals surface area contributed by atoms with Crippen LogP contribution in [0.3, 0.4) is 0 Å². The van der Waals surface area contributed by atoms with E-state index in [1.54, 1.807) is 7.11 Å². The van der Waals surface area contributed by atoms with E-state index in [0.717, 1.165) is 30.0 Å². The van der Waals surface area contributed by atoms with Crippen LogP contribution in [0.15, 0.2) is 23.2 Å². The largest absolute Gasteiger partial charge is 0.494 e. The molecule has 0 radical (unpaired) electrons. The molecule has 1 heterocycles. The minimum absolute atomic E-state index is 0.226. The second-order valence-electron chi connectivity index (χ2n) is 5.00. The molecule has 4 nitrogen and oxygen atoms in total. The normalized spacial score (nSPS) is 16.6. The minimum atomic E-state index is 0.226. The zero-order valence-corrected chi connectivity index (χ0v) is 12.7. The molecule has 0 bridgehead atoms. The smallest absolute Gasteiger partial charge is 0.144 e. The van der Waals surface area contributed by atoms with Crippen LogP contribution in [0.5, 0.6) is 5.75 Å². The first-order valence-corrected chi connectivity index (χ1v) is 7.55. The third-order valence-corrected chi connectivity index (χ3v) is 3.86. The monoisotopic (exact) mass is 295 g/mol. The lowest BCUT2D eigenvalue weighted by Gasteiger charge is -2.16. The van der Waals surface area contributed by atoms with Gasteiger partial charge in [-0.05, 0) is 44.0 Å². The van der Waals surface area contributed by atoms with Crippen molar-refractivity contribution in [3.63, 3.8) is 0 Å². The number of nitrogens with zero attached hydrogens (tertiary/aromatic N) is 2. The van der Waals surface area contributed by atoms with Gasteiger partial charge in [0.25, 0.3) is 0 Å². The Morgan fingerprint density at radius 2 is 2.15 bits per heavy atom. The molecule has 110 valence electrons. The quantitative estimate of drug-likeness (QED) is 0.498. The molecule has 20 heavy (non-hydrogen) atoms. The van der Waals surface area contributed by atoms with Crippen LogP contribution in [0, 0.1) is 0 Å². The Bertz CT molecular complexity index is 470. The van der Waals surface area contributed by atoms with Gasteiger partial charge in [-0.15, -0.1) is 11.6 Å². The van der Waals surface area contributed by atoms with Gasteiger partial charge < -0.3 is 15.4 Å². The molecule has 1 saturated heterocycles. The fraction of sp³-hybridized carbons (Fsp3) is 0.533. The highest BCUT2D eigenvalue weighted by molar-refractivity contribution is 6.28. The number of hydrogen-bond acceptors (Lipinski definition) is 3. The summed E-state index contributed by atoms with van der Waals surface area (Å²) < 4.78 is 5.38. The Labute approximate surface area is 125 Å². The summed E-state index contributed by atoms with van der Waals surface area (Å²) in [5, 5.41) is 0. The average molecular weight is 296 g/mol. The number of likely N-dealkylation sites (tertiary alicyclic amines) is 1. The van der Waals surface area contributed by atoms with Gasteiger partial charge in [0.05, 0.1) is 13.0 Å². The van der Waals surface area contributed by atoms with Crippen LogP contribution in [0.4, 0.5) is 5.69 Å². The van der Waals surface area contributed by atoms with Gasteiger partial charge >= 0.3 is 0 Å². The van der Waals surface area contributed by atoms with Gasteiger partial charge in [0, 0.05) is 6.54 Å². The third kappa shape index (κ3) is 3.87. The topological polar surface area (TPSA) is 50.8 Å². The standard InChI is InChI=1S/C15H22ClN3O/c1-20-13-6-4-5-12(15(13)18-14(17)11-16)7-10-19-8-2-3-9-19/h4-6H,2-3,7-11H2,1H3,(H2,17,18). The van der Waals surface area contributed by atoms with Crippen LogP contribution in [0.25, 0.3) is 0 Å². The van der Waals surface area contributed by atoms with Crippen LogP contribution < -0.4 is 10.5 Å². The Morgan fingerprint density at radius 1 is 1.40 bits per heavy atom. The highest BCUT2D eigenvalue weighted by Gasteiger charge is 2.14. The first-order chi connectivity index (χ1) is 9.74. The number of methoxy groups -OCH3 is 1. The molecule has 0 spiro atoms. The van der Waals surface area contributed by atoms with Crippen LogP contribution in [-0.4, -0.2) is 43.4 Å². The molecule has 0 aliphatic carbocycles. The predicted octanol–water partition coefficient (Wildman–Crippen LogP) is 2.56. The SMILES string of the molecule is COc1cccc(CCN2CCCC2)c1N=C(N)CCl. The van der Waals surface area contributed by atoms with Crippen molar-refractivity contribution in [1.82, 2.24) is 4.90 Å². The molecule has 2 N–H and O–H groups in total. The lowest BCUT2D eigenvalue weighted by molar-refractivity contribution is 0.343. The summed E-state index contributed by atoms with van der Waals surface area (Å²) in [4.78, 5) is 6.90. The second-order valence-corrected chi connectivity index (χ2v) is 5.27. The van der Waals surface area contributed by atoms with E-state index in [1.807, 2.05) is 12.1 Å². The Kier molecular flexibility index (Phi) is 5.68. The van der Waals surface area contributed by atoms with E-state index < -0.39 is 0 Å². The van der Waals surface area contributed by atoms with E-state index in [-0.39, 0.29) is 5.88 Å². The van der Waals surface area contributed by atoms with Crippen molar-refractivity contribution >= 4 is 23.1 Å². The van der Waals surface area contributed by atoms with Crippen molar-refractivity contribution in [2.75, 3.05) is 32.6 Å². The molecule has 1 aromatic carbocycles. The van der Waals surface area contributed by atoms with Crippen molar-refractivity contribution in [1.29, 1.82) is 0 Å². The number of hydrogen-bond donors (Lipinski definition) is 1. The molecule has 0 aromatic heterocycles. The van der Waals surface area contributed by atoms with Gasteiger partial charge in [-0.25, -0.2) is 4.99 Å². The number of benzene rings is 1. The van der Waals surface area contributed by atoms with Crippen LogP contribution in [0.1, 0.15) is 18.4 Å². The van der Waals surface area contributed by atoms with Crippen molar-refractivity contribution in [2.45, 2.75) is 19.3 Å². The van der Waals surface area contributed by atoms with Crippen LogP contribution in [0.2, 0.25) is 0 Å². The Hall–Kier alpha value is -1.26. The fourth-order valence-electron chi connectivity index (χ4n) is 2.52. The number of para-hydroxylation sites is 1. The summed E-state index contributed by atoms with van der Waals surface area (Å²) in [6.45, 7) is 3.45. The molecule has 1 aliphatic heterocycles. The molecular formula is C15H22ClN3O. The average Bonchev–Trinajstić information content (AvgIpc) is 2.99. The molecule has 0 saturated carbocycles. The molecule has 1 fully saturated rings. The van der Waals surface area contributed by atoms with Gasteiger partial charge in [-0.1, -0.05) is 12.1 Å². The Morgan fingerprint density at radius 3 is 2.80 bits per heavy atom. The first-order valence-electron chi connectivity index (χ1n) is 7.02. The lowest BCUT2D eigenvalue weighted by Crippen LogP contribution is -2.22. The van der Waals surface area contributed by atoms with Gasteiger partial charge in [-0.2, -0.15) is 0 Å². The summed E-state index contributed by atoms with van der Waals surface area (Å²) in [6.07, 6.45) is 3.57. The molecule has 1 aliphatic rings. The van der Waals surface area contributed by atoms with Gasteiger partial charge in [0.2, 0.25) is 0 Å². The predicted molar refractivity (Wildman–Crippen MR) is 84.4 cm³/mol. The molecule has 0 amide bonds. The highest BCUT2D eigenvalue weighted by atomic mass is 35.5. The lowest BCUT2D eigenvalue weighted by atomic mass is 10.1. The summed E-state index contributed by atoms with van der Waals surface area (Å²) in [5.41, 5.74) is 7.74. The summed E-state index contributed by atoms with van der Waals surface area (Å²) >= 11 is 5.73. The number of ether oxygens (including phenoxy) is 1. The number of aliphatic imine (C=N–C) groups is 1. The number of nitrogens with two attached hydrogens (primary N) is 1. The van der Waals surface area contributed by atoms with E-state index in [9.17, 15) is 0 Å². The van der Waals surface area contributed by atoms with E-state index in [4.69, 9.17) is 22.1 Å². The number of amidine groups is 1. The van der Waals surface area contributed by atoms with Crippen molar-refractivity contribution in [3.05, 3.63) is 23.8 Å². The maximum absolute atomic E-state index is 5.77. The minimum Gasteiger partial charge on any atom is -0.494 e. The zero-order valence-electron chi connectivity index (χ0n) is 11.9. The van der Waals surface area contributed by atoms with E-state index >= 15 is 0 Å². The number of halogens is 1. The first kappa shape index (κ1) is 15.1. The molecule has 1 aromatic rings. The molecular weight excluding hydrogens is 274 g/mol. The molecule has 2 rings (SSSR count). The van der Waals surface area contributed by atoms with E-state index in [1.165, 1.54) is 25.9 Å². The summed E-state index contributed by atoms with van der Waals surface area (Å²) in [7, 11) is 1.65. The van der Waals surface area contributed by atoms with E-state index in [2.05, 4.69) is 16.0 Å². The van der Waals surface area contributed by atoms with Gasteiger partial charge in [0.15, 0.2) is 0 Å². The van der Waals surface area contributed by atoms with Crippen molar-refractivity contribution in [2.24, 2.45) is 10.7 Å².